The summed E-state index contributed by atoms with van der Waals surface area (Å²) in [5.41, 5.74) is 0. The second kappa shape index (κ2) is 11.4. The fourth-order valence-corrected chi connectivity index (χ4v) is 5.31. The first-order valence-corrected chi connectivity index (χ1v) is 11.9. The third kappa shape index (κ3) is 6.09. The molecule has 29 heavy (non-hydrogen) atoms. The number of amides is 1. The number of ether oxygens (including phenoxy) is 2. The summed E-state index contributed by atoms with van der Waals surface area (Å²) in [6, 6.07) is 3.83. The normalized spacial score (nSPS) is 17.3. The van der Waals surface area contributed by atoms with Crippen LogP contribution in [-0.4, -0.2) is 52.0 Å². The molecule has 0 aliphatic carbocycles. The standard InChI is InChI=1S/C21H34N2O5S/c1-4-5-6-7-8-9-14-22-21(24)18-11-10-15-23(18)29(25,26)17-12-13-19(27-2)20(16-17)28-3/h12-13,16,18H,4-11,14-15H2,1-3H3,(H,22,24). The lowest BCUT2D eigenvalue weighted by molar-refractivity contribution is -0.124. The van der Waals surface area contributed by atoms with E-state index in [9.17, 15) is 13.2 Å². The Kier molecular flexibility index (Phi) is 9.23. The SMILES string of the molecule is CCCCCCCCNC(=O)C1CCCN1S(=O)(=O)c1ccc(OC)c(OC)c1. The van der Waals surface area contributed by atoms with Crippen LogP contribution in [0.5, 0.6) is 11.5 Å². The maximum atomic E-state index is 13.1. The van der Waals surface area contributed by atoms with Crippen molar-refractivity contribution in [2.45, 2.75) is 69.2 Å². The van der Waals surface area contributed by atoms with E-state index in [-0.39, 0.29) is 10.8 Å². The van der Waals surface area contributed by atoms with Crippen LogP contribution in [0.2, 0.25) is 0 Å². The molecule has 0 saturated carbocycles. The quantitative estimate of drug-likeness (QED) is 0.518. The van der Waals surface area contributed by atoms with Crippen molar-refractivity contribution in [3.05, 3.63) is 18.2 Å². The van der Waals surface area contributed by atoms with E-state index < -0.39 is 16.1 Å². The molecule has 1 aromatic carbocycles. The predicted molar refractivity (Wildman–Crippen MR) is 113 cm³/mol. The predicted octanol–water partition coefficient (Wildman–Crippen LogP) is 3.33. The van der Waals surface area contributed by atoms with Crippen molar-refractivity contribution in [3.8, 4) is 11.5 Å². The van der Waals surface area contributed by atoms with Crippen molar-refractivity contribution in [2.24, 2.45) is 0 Å². The van der Waals surface area contributed by atoms with Crippen molar-refractivity contribution in [3.63, 3.8) is 0 Å². The zero-order chi connectivity index (χ0) is 21.3. The number of methoxy groups -OCH3 is 2. The molecule has 7 nitrogen and oxygen atoms in total. The highest BCUT2D eigenvalue weighted by molar-refractivity contribution is 7.89. The first-order valence-electron chi connectivity index (χ1n) is 10.5. The molecule has 1 N–H and O–H groups in total. The summed E-state index contributed by atoms with van der Waals surface area (Å²) in [5, 5.41) is 2.92. The first kappa shape index (κ1) is 23.5. The first-order chi connectivity index (χ1) is 14.0. The summed E-state index contributed by atoms with van der Waals surface area (Å²) in [6.07, 6.45) is 8.07. The van der Waals surface area contributed by atoms with Crippen molar-refractivity contribution >= 4 is 15.9 Å². The number of hydrogen-bond donors (Lipinski definition) is 1. The number of rotatable bonds is 12. The van der Waals surface area contributed by atoms with E-state index in [2.05, 4.69) is 12.2 Å². The van der Waals surface area contributed by atoms with Gasteiger partial charge in [0.25, 0.3) is 0 Å². The molecular weight excluding hydrogens is 392 g/mol. The Morgan fingerprint density at radius 2 is 1.79 bits per heavy atom. The summed E-state index contributed by atoms with van der Waals surface area (Å²) >= 11 is 0. The van der Waals surface area contributed by atoms with E-state index in [1.54, 1.807) is 6.07 Å². The lowest BCUT2D eigenvalue weighted by Crippen LogP contribution is -2.46. The fourth-order valence-electron chi connectivity index (χ4n) is 3.64. The van der Waals surface area contributed by atoms with Gasteiger partial charge < -0.3 is 14.8 Å². The Morgan fingerprint density at radius 1 is 1.10 bits per heavy atom. The van der Waals surface area contributed by atoms with Gasteiger partial charge in [-0.3, -0.25) is 4.79 Å². The van der Waals surface area contributed by atoms with Crippen LogP contribution in [0.1, 0.15) is 58.3 Å². The smallest absolute Gasteiger partial charge is 0.243 e. The molecule has 1 atom stereocenters. The summed E-state index contributed by atoms with van der Waals surface area (Å²) in [4.78, 5) is 12.7. The highest BCUT2D eigenvalue weighted by atomic mass is 32.2. The zero-order valence-corrected chi connectivity index (χ0v) is 18.6. The Hall–Kier alpha value is -1.80. The van der Waals surface area contributed by atoms with Gasteiger partial charge in [0.05, 0.1) is 19.1 Å². The maximum absolute atomic E-state index is 13.1. The molecule has 8 heteroatoms. The van der Waals surface area contributed by atoms with Gasteiger partial charge in [0.2, 0.25) is 15.9 Å². The average molecular weight is 427 g/mol. The van der Waals surface area contributed by atoms with Crippen LogP contribution in [0.4, 0.5) is 0 Å². The van der Waals surface area contributed by atoms with Crippen LogP contribution in [0, 0.1) is 0 Å². The summed E-state index contributed by atoms with van der Waals surface area (Å²) in [5.74, 6) is 0.595. The molecule has 164 valence electrons. The molecule has 2 rings (SSSR count). The molecule has 0 spiro atoms. The molecule has 0 aromatic heterocycles. The molecule has 1 heterocycles. The second-order valence-electron chi connectivity index (χ2n) is 7.35. The summed E-state index contributed by atoms with van der Waals surface area (Å²) in [7, 11) is -0.841. The molecular formula is C21H34N2O5S. The molecule has 1 aliphatic rings. The minimum atomic E-state index is -3.80. The van der Waals surface area contributed by atoms with E-state index in [1.807, 2.05) is 0 Å². The Labute approximate surface area is 174 Å². The maximum Gasteiger partial charge on any atom is 0.243 e. The van der Waals surface area contributed by atoms with E-state index in [1.165, 1.54) is 56.3 Å². The third-order valence-electron chi connectivity index (χ3n) is 5.30. The minimum absolute atomic E-state index is 0.103. The zero-order valence-electron chi connectivity index (χ0n) is 17.8. The fraction of sp³-hybridized carbons (Fsp3) is 0.667. The molecule has 1 amide bonds. The highest BCUT2D eigenvalue weighted by Crippen LogP contribution is 2.33. The number of carbonyl (C=O) groups is 1. The van der Waals surface area contributed by atoms with Crippen LogP contribution in [0.15, 0.2) is 23.1 Å². The second-order valence-corrected chi connectivity index (χ2v) is 9.24. The van der Waals surface area contributed by atoms with Crippen LogP contribution < -0.4 is 14.8 Å². The Bertz CT molecular complexity index is 766. The molecule has 0 bridgehead atoms. The van der Waals surface area contributed by atoms with E-state index >= 15 is 0 Å². The van der Waals surface area contributed by atoms with Crippen LogP contribution in [0.25, 0.3) is 0 Å². The van der Waals surface area contributed by atoms with Gasteiger partial charge in [-0.05, 0) is 31.4 Å². The Morgan fingerprint density at radius 3 is 2.48 bits per heavy atom. The van der Waals surface area contributed by atoms with Gasteiger partial charge in [0, 0.05) is 19.2 Å². The average Bonchev–Trinajstić information content (AvgIpc) is 3.23. The van der Waals surface area contributed by atoms with E-state index in [0.717, 1.165) is 12.8 Å². The van der Waals surface area contributed by atoms with Crippen LogP contribution in [0.3, 0.4) is 0 Å². The van der Waals surface area contributed by atoms with Gasteiger partial charge in [0.15, 0.2) is 11.5 Å². The number of nitrogens with one attached hydrogen (secondary N) is 1. The van der Waals surface area contributed by atoms with Crippen LogP contribution in [-0.2, 0) is 14.8 Å². The van der Waals surface area contributed by atoms with Gasteiger partial charge in [-0.25, -0.2) is 8.42 Å². The molecule has 1 saturated heterocycles. The summed E-state index contributed by atoms with van der Waals surface area (Å²) < 4.78 is 38.0. The lowest BCUT2D eigenvalue weighted by atomic mass is 10.1. The number of hydrogen-bond acceptors (Lipinski definition) is 5. The van der Waals surface area contributed by atoms with Gasteiger partial charge >= 0.3 is 0 Å². The van der Waals surface area contributed by atoms with Gasteiger partial charge in [-0.2, -0.15) is 4.31 Å². The third-order valence-corrected chi connectivity index (χ3v) is 7.20. The monoisotopic (exact) mass is 426 g/mol. The number of sulfonamides is 1. The largest absolute Gasteiger partial charge is 0.493 e. The van der Waals surface area contributed by atoms with Crippen molar-refractivity contribution < 1.29 is 22.7 Å². The number of carbonyl (C=O) groups excluding carboxylic acids is 1. The van der Waals surface area contributed by atoms with Crippen molar-refractivity contribution in [1.82, 2.24) is 9.62 Å². The lowest BCUT2D eigenvalue weighted by Gasteiger charge is -2.24. The van der Waals surface area contributed by atoms with Gasteiger partial charge in [-0.15, -0.1) is 0 Å². The number of benzene rings is 1. The Balaban J connectivity index is 1.99. The van der Waals surface area contributed by atoms with Gasteiger partial charge in [0.1, 0.15) is 6.04 Å². The minimum Gasteiger partial charge on any atom is -0.493 e. The number of nitrogens with zero attached hydrogens (tertiary/aromatic N) is 1. The molecule has 0 radical (unpaired) electrons. The molecule has 1 aromatic rings. The molecule has 1 fully saturated rings. The van der Waals surface area contributed by atoms with Gasteiger partial charge in [-0.1, -0.05) is 39.0 Å². The molecule has 1 aliphatic heterocycles. The summed E-state index contributed by atoms with van der Waals surface area (Å²) in [6.45, 7) is 3.11. The topological polar surface area (TPSA) is 84.9 Å². The van der Waals surface area contributed by atoms with Crippen LogP contribution >= 0.6 is 0 Å². The molecule has 1 unspecified atom stereocenters. The van der Waals surface area contributed by atoms with E-state index in [4.69, 9.17) is 9.47 Å². The number of unbranched alkanes of at least 4 members (excludes halogenated alkanes) is 5. The highest BCUT2D eigenvalue weighted by Gasteiger charge is 2.39. The van der Waals surface area contributed by atoms with E-state index in [0.29, 0.717) is 37.4 Å². The van der Waals surface area contributed by atoms with Crippen molar-refractivity contribution in [2.75, 3.05) is 27.3 Å². The van der Waals surface area contributed by atoms with Crippen molar-refractivity contribution in [1.29, 1.82) is 0 Å².